The van der Waals surface area contributed by atoms with Crippen molar-refractivity contribution < 1.29 is 5.11 Å². The van der Waals surface area contributed by atoms with Gasteiger partial charge in [-0.05, 0) is 17.7 Å². The first-order chi connectivity index (χ1) is 14.8. The van der Waals surface area contributed by atoms with Crippen LogP contribution in [-0.4, -0.2) is 50.9 Å². The molecule has 0 fully saturated rings. The number of hydrogen-bond donors (Lipinski definition) is 3. The Labute approximate surface area is 170 Å². The first-order valence-electron chi connectivity index (χ1n) is 9.31. The van der Waals surface area contributed by atoms with E-state index in [9.17, 15) is 5.11 Å². The molecule has 3 N–H and O–H groups in total. The minimum Gasteiger partial charge on any atom is -0.395 e. The fourth-order valence-electron chi connectivity index (χ4n) is 3.21. The maximum absolute atomic E-state index is 9.18. The summed E-state index contributed by atoms with van der Waals surface area (Å²) in [7, 11) is 0. The van der Waals surface area contributed by atoms with Crippen LogP contribution in [0.4, 0.5) is 11.8 Å². The number of rotatable bonds is 7. The molecule has 0 bridgehead atoms. The maximum Gasteiger partial charge on any atom is 0.222 e. The molecule has 0 radical (unpaired) electrons. The summed E-state index contributed by atoms with van der Waals surface area (Å²) in [5, 5.41) is 14.3. The number of anilines is 2. The fourth-order valence-corrected chi connectivity index (χ4v) is 3.21. The second kappa shape index (κ2) is 7.72. The van der Waals surface area contributed by atoms with Crippen LogP contribution in [0.2, 0.25) is 0 Å². The predicted molar refractivity (Wildman–Crippen MR) is 111 cm³/mol. The molecule has 0 aliphatic carbocycles. The second-order valence-electron chi connectivity index (χ2n) is 6.56. The highest BCUT2D eigenvalue weighted by Crippen LogP contribution is 2.21. The maximum atomic E-state index is 9.18. The van der Waals surface area contributed by atoms with Gasteiger partial charge in [-0.3, -0.25) is 5.43 Å². The van der Waals surface area contributed by atoms with Gasteiger partial charge in [0.2, 0.25) is 5.95 Å². The Morgan fingerprint density at radius 2 is 1.97 bits per heavy atom. The number of fused-ring (bicyclic) bond motifs is 2. The number of aliphatic hydroxyl groups is 1. The SMILES string of the molecule is OCCn1ccnc1Nn1ccc2c(NCc3cnc4ncncc4c3)ncnc21. The summed E-state index contributed by atoms with van der Waals surface area (Å²) < 4.78 is 3.59. The van der Waals surface area contributed by atoms with E-state index < -0.39 is 0 Å². The number of aliphatic hydroxyl groups excluding tert-OH is 1. The Balaban J connectivity index is 1.38. The van der Waals surface area contributed by atoms with Crippen LogP contribution >= 0.6 is 0 Å². The first kappa shape index (κ1) is 17.9. The van der Waals surface area contributed by atoms with E-state index in [1.54, 1.807) is 29.5 Å². The smallest absolute Gasteiger partial charge is 0.222 e. The van der Waals surface area contributed by atoms with Crippen molar-refractivity contribution >= 4 is 33.8 Å². The van der Waals surface area contributed by atoms with Crippen molar-refractivity contribution in [2.24, 2.45) is 0 Å². The number of aromatic nitrogens is 8. The molecule has 11 heteroatoms. The van der Waals surface area contributed by atoms with E-state index >= 15 is 0 Å². The molecule has 0 aliphatic rings. The largest absolute Gasteiger partial charge is 0.395 e. The highest BCUT2D eigenvalue weighted by atomic mass is 16.3. The molecule has 5 rings (SSSR count). The Hall–Kier alpha value is -4.12. The molecule has 0 saturated carbocycles. The van der Waals surface area contributed by atoms with Gasteiger partial charge in [-0.1, -0.05) is 0 Å². The molecule has 5 aromatic rings. The van der Waals surface area contributed by atoms with Crippen molar-refractivity contribution in [2.45, 2.75) is 13.1 Å². The van der Waals surface area contributed by atoms with Crippen molar-refractivity contribution in [2.75, 3.05) is 17.3 Å². The lowest BCUT2D eigenvalue weighted by Gasteiger charge is -2.11. The Bertz CT molecular complexity index is 1310. The second-order valence-corrected chi connectivity index (χ2v) is 6.56. The van der Waals surface area contributed by atoms with Crippen molar-refractivity contribution in [1.29, 1.82) is 0 Å². The van der Waals surface area contributed by atoms with E-state index in [0.717, 1.165) is 16.3 Å². The minimum absolute atomic E-state index is 0.0312. The zero-order valence-corrected chi connectivity index (χ0v) is 15.8. The van der Waals surface area contributed by atoms with Gasteiger partial charge in [-0.2, -0.15) is 0 Å². The molecular weight excluding hydrogens is 384 g/mol. The summed E-state index contributed by atoms with van der Waals surface area (Å²) in [5.41, 5.74) is 5.56. The third kappa shape index (κ3) is 3.37. The predicted octanol–water partition coefficient (Wildman–Crippen LogP) is 1.45. The first-order valence-corrected chi connectivity index (χ1v) is 9.31. The molecule has 0 saturated heterocycles. The molecule has 5 aromatic heterocycles. The van der Waals surface area contributed by atoms with Crippen molar-refractivity contribution in [1.82, 2.24) is 39.1 Å². The standard InChI is InChI=1S/C19H18N10O/c30-6-5-28-4-2-21-19(28)27-29-3-1-15-17(25-12-26-18(15)29)23-9-13-7-14-10-20-11-24-16(14)22-8-13/h1-4,7-8,10-12,30H,5-6,9H2,(H,21,27)(H,23,25,26). The Morgan fingerprint density at radius 1 is 1.00 bits per heavy atom. The molecule has 0 unspecified atom stereocenters. The van der Waals surface area contributed by atoms with Gasteiger partial charge in [-0.25, -0.2) is 34.6 Å². The normalized spacial score (nSPS) is 11.2. The van der Waals surface area contributed by atoms with Gasteiger partial charge in [0, 0.05) is 49.5 Å². The zero-order chi connectivity index (χ0) is 20.3. The van der Waals surface area contributed by atoms with Crippen molar-refractivity contribution in [3.63, 3.8) is 0 Å². The van der Waals surface area contributed by atoms with Gasteiger partial charge in [0.1, 0.15) is 18.5 Å². The van der Waals surface area contributed by atoms with Crippen LogP contribution in [0.1, 0.15) is 5.56 Å². The van der Waals surface area contributed by atoms with Gasteiger partial charge in [0.05, 0.1) is 12.0 Å². The average molecular weight is 402 g/mol. The van der Waals surface area contributed by atoms with Crippen LogP contribution in [0, 0.1) is 0 Å². The van der Waals surface area contributed by atoms with E-state index in [1.807, 2.05) is 22.9 Å². The topological polar surface area (TPSA) is 131 Å². The summed E-state index contributed by atoms with van der Waals surface area (Å²) in [5.74, 6) is 1.32. The molecular formula is C19H18N10O. The van der Waals surface area contributed by atoms with Crippen LogP contribution < -0.4 is 10.7 Å². The quantitative estimate of drug-likeness (QED) is 0.370. The molecule has 0 aromatic carbocycles. The number of nitrogens with zero attached hydrogens (tertiary/aromatic N) is 8. The lowest BCUT2D eigenvalue weighted by molar-refractivity contribution is 0.276. The molecule has 0 amide bonds. The molecule has 0 spiro atoms. The summed E-state index contributed by atoms with van der Waals surface area (Å²) >= 11 is 0. The van der Waals surface area contributed by atoms with E-state index in [0.29, 0.717) is 36.2 Å². The number of pyridine rings is 1. The lowest BCUT2D eigenvalue weighted by atomic mass is 10.2. The molecule has 5 heterocycles. The van der Waals surface area contributed by atoms with Crippen molar-refractivity contribution in [3.05, 3.63) is 61.3 Å². The highest BCUT2D eigenvalue weighted by molar-refractivity contribution is 5.87. The Kier molecular flexibility index (Phi) is 4.62. The number of hydrogen-bond acceptors (Lipinski definition) is 9. The van der Waals surface area contributed by atoms with Crippen molar-refractivity contribution in [3.8, 4) is 0 Å². The van der Waals surface area contributed by atoms with E-state index in [2.05, 4.69) is 40.6 Å². The van der Waals surface area contributed by atoms with Crippen LogP contribution in [0.3, 0.4) is 0 Å². The number of nitrogens with one attached hydrogen (secondary N) is 2. The summed E-state index contributed by atoms with van der Waals surface area (Å²) in [6.07, 6.45) is 11.9. The van der Waals surface area contributed by atoms with E-state index in [1.165, 1.54) is 12.7 Å². The number of imidazole rings is 1. The van der Waals surface area contributed by atoms with E-state index in [-0.39, 0.29) is 6.61 Å². The van der Waals surface area contributed by atoms with Gasteiger partial charge < -0.3 is 15.0 Å². The molecule has 30 heavy (non-hydrogen) atoms. The Morgan fingerprint density at radius 3 is 2.90 bits per heavy atom. The van der Waals surface area contributed by atoms with Crippen LogP contribution in [0.25, 0.3) is 22.1 Å². The third-order valence-electron chi connectivity index (χ3n) is 4.63. The molecule has 0 aliphatic heterocycles. The van der Waals surface area contributed by atoms with Gasteiger partial charge in [-0.15, -0.1) is 0 Å². The third-order valence-corrected chi connectivity index (χ3v) is 4.63. The highest BCUT2D eigenvalue weighted by Gasteiger charge is 2.10. The average Bonchev–Trinajstić information content (AvgIpc) is 3.40. The van der Waals surface area contributed by atoms with Gasteiger partial charge in [0.25, 0.3) is 0 Å². The summed E-state index contributed by atoms with van der Waals surface area (Å²) in [6.45, 7) is 1.03. The van der Waals surface area contributed by atoms with Gasteiger partial charge >= 0.3 is 0 Å². The van der Waals surface area contributed by atoms with Crippen LogP contribution in [-0.2, 0) is 13.1 Å². The lowest BCUT2D eigenvalue weighted by Crippen LogP contribution is -2.14. The van der Waals surface area contributed by atoms with Crippen LogP contribution in [0.5, 0.6) is 0 Å². The molecule has 150 valence electrons. The fraction of sp³-hybridized carbons (Fsp3) is 0.158. The van der Waals surface area contributed by atoms with E-state index in [4.69, 9.17) is 0 Å². The van der Waals surface area contributed by atoms with Gasteiger partial charge in [0.15, 0.2) is 11.3 Å². The summed E-state index contributed by atoms with van der Waals surface area (Å²) in [4.78, 5) is 25.6. The monoisotopic (exact) mass is 402 g/mol. The van der Waals surface area contributed by atoms with Crippen LogP contribution in [0.15, 0.2) is 55.8 Å². The molecule has 11 nitrogen and oxygen atoms in total. The summed E-state index contributed by atoms with van der Waals surface area (Å²) in [6, 6.07) is 3.93. The minimum atomic E-state index is 0.0312. The molecule has 0 atom stereocenters. The zero-order valence-electron chi connectivity index (χ0n) is 15.8.